The van der Waals surface area contributed by atoms with Gasteiger partial charge in [-0.25, -0.2) is 9.37 Å². The van der Waals surface area contributed by atoms with Gasteiger partial charge in [0.1, 0.15) is 11.5 Å². The lowest BCUT2D eigenvalue weighted by molar-refractivity contribution is 0.221. The van der Waals surface area contributed by atoms with Gasteiger partial charge in [0, 0.05) is 37.9 Å². The van der Waals surface area contributed by atoms with Crippen molar-refractivity contribution in [3.05, 3.63) is 23.9 Å². The Kier molecular flexibility index (Phi) is 3.10. The SMILES string of the molecule is CC(C)(F)c1ccc(N2CCNCC2)nc1. The number of alkyl halides is 1. The highest BCUT2D eigenvalue weighted by Crippen LogP contribution is 2.25. The number of nitrogens with one attached hydrogen (secondary N) is 1. The van der Waals surface area contributed by atoms with Crippen LogP contribution in [-0.2, 0) is 5.67 Å². The summed E-state index contributed by atoms with van der Waals surface area (Å²) >= 11 is 0. The lowest BCUT2D eigenvalue weighted by Gasteiger charge is -2.28. The van der Waals surface area contributed by atoms with Crippen LogP contribution in [0.2, 0.25) is 0 Å². The zero-order valence-corrected chi connectivity index (χ0v) is 9.83. The van der Waals surface area contributed by atoms with Crippen LogP contribution in [0.1, 0.15) is 19.4 Å². The first kappa shape index (κ1) is 11.3. The van der Waals surface area contributed by atoms with Crippen molar-refractivity contribution < 1.29 is 4.39 Å². The summed E-state index contributed by atoms with van der Waals surface area (Å²) in [5, 5.41) is 3.29. The van der Waals surface area contributed by atoms with Crippen LogP contribution in [0.3, 0.4) is 0 Å². The number of rotatable bonds is 2. The number of pyridine rings is 1. The average Bonchev–Trinajstić information content (AvgIpc) is 2.29. The fourth-order valence-corrected chi connectivity index (χ4v) is 1.82. The molecular weight excluding hydrogens is 205 g/mol. The summed E-state index contributed by atoms with van der Waals surface area (Å²) in [6.45, 7) is 7.00. The predicted octanol–water partition coefficient (Wildman–Crippen LogP) is 1.70. The highest BCUT2D eigenvalue weighted by atomic mass is 19.1. The summed E-state index contributed by atoms with van der Waals surface area (Å²) in [5.74, 6) is 0.939. The largest absolute Gasteiger partial charge is 0.354 e. The second kappa shape index (κ2) is 4.37. The maximum Gasteiger partial charge on any atom is 0.131 e. The van der Waals surface area contributed by atoms with Crippen molar-refractivity contribution in [1.82, 2.24) is 10.3 Å². The van der Waals surface area contributed by atoms with Gasteiger partial charge in [0.05, 0.1) is 0 Å². The standard InChI is InChI=1S/C12H18FN3/c1-12(2,13)10-3-4-11(15-9-10)16-7-5-14-6-8-16/h3-4,9,14H,5-8H2,1-2H3. The van der Waals surface area contributed by atoms with Crippen LogP contribution in [0.15, 0.2) is 18.3 Å². The molecule has 1 N–H and O–H groups in total. The van der Waals surface area contributed by atoms with E-state index in [0.717, 1.165) is 32.0 Å². The van der Waals surface area contributed by atoms with Crippen LogP contribution >= 0.6 is 0 Å². The lowest BCUT2D eigenvalue weighted by Crippen LogP contribution is -2.43. The second-order valence-electron chi connectivity index (χ2n) is 4.61. The topological polar surface area (TPSA) is 28.2 Å². The van der Waals surface area contributed by atoms with Crippen molar-refractivity contribution in [2.75, 3.05) is 31.1 Å². The van der Waals surface area contributed by atoms with Crippen molar-refractivity contribution in [2.45, 2.75) is 19.5 Å². The predicted molar refractivity (Wildman–Crippen MR) is 63.5 cm³/mol. The highest BCUT2D eigenvalue weighted by Gasteiger charge is 2.19. The molecule has 16 heavy (non-hydrogen) atoms. The van der Waals surface area contributed by atoms with Gasteiger partial charge >= 0.3 is 0 Å². The maximum absolute atomic E-state index is 13.6. The minimum atomic E-state index is -1.31. The summed E-state index contributed by atoms with van der Waals surface area (Å²) in [6, 6.07) is 3.73. The van der Waals surface area contributed by atoms with E-state index < -0.39 is 5.67 Å². The molecule has 0 amide bonds. The van der Waals surface area contributed by atoms with Crippen molar-refractivity contribution in [3.63, 3.8) is 0 Å². The number of hydrogen-bond acceptors (Lipinski definition) is 3. The minimum Gasteiger partial charge on any atom is -0.354 e. The van der Waals surface area contributed by atoms with Crippen molar-refractivity contribution in [1.29, 1.82) is 0 Å². The van der Waals surface area contributed by atoms with Crippen LogP contribution in [-0.4, -0.2) is 31.2 Å². The molecule has 2 heterocycles. The number of nitrogens with zero attached hydrogens (tertiary/aromatic N) is 2. The molecule has 88 valence electrons. The molecule has 1 aromatic heterocycles. The summed E-state index contributed by atoms with van der Waals surface area (Å²) < 4.78 is 13.6. The number of halogens is 1. The molecule has 1 aromatic rings. The van der Waals surface area contributed by atoms with Gasteiger partial charge in [-0.1, -0.05) is 6.07 Å². The third-order valence-corrected chi connectivity index (χ3v) is 2.88. The van der Waals surface area contributed by atoms with Crippen LogP contribution in [0.25, 0.3) is 0 Å². The fraction of sp³-hybridized carbons (Fsp3) is 0.583. The monoisotopic (exact) mass is 223 g/mol. The zero-order chi connectivity index (χ0) is 11.6. The third-order valence-electron chi connectivity index (χ3n) is 2.88. The van der Waals surface area contributed by atoms with Crippen LogP contribution in [0.5, 0.6) is 0 Å². The van der Waals surface area contributed by atoms with Crippen molar-refractivity contribution >= 4 is 5.82 Å². The lowest BCUT2D eigenvalue weighted by atomic mass is 10.0. The van der Waals surface area contributed by atoms with Gasteiger partial charge in [-0.05, 0) is 19.9 Å². The second-order valence-corrected chi connectivity index (χ2v) is 4.61. The highest BCUT2D eigenvalue weighted by molar-refractivity contribution is 5.40. The Balaban J connectivity index is 2.12. The van der Waals surface area contributed by atoms with Gasteiger partial charge in [0.15, 0.2) is 0 Å². The van der Waals surface area contributed by atoms with Crippen molar-refractivity contribution in [3.8, 4) is 0 Å². The molecule has 1 aliphatic heterocycles. The summed E-state index contributed by atoms with van der Waals surface area (Å²) in [4.78, 5) is 6.54. The van der Waals surface area contributed by atoms with Crippen LogP contribution < -0.4 is 10.2 Å². The van der Waals surface area contributed by atoms with Gasteiger partial charge < -0.3 is 10.2 Å². The molecule has 1 saturated heterocycles. The Hall–Kier alpha value is -1.16. The first-order chi connectivity index (χ1) is 7.57. The van der Waals surface area contributed by atoms with Gasteiger partial charge in [0.25, 0.3) is 0 Å². The first-order valence-corrected chi connectivity index (χ1v) is 5.68. The molecule has 0 aliphatic carbocycles. The Labute approximate surface area is 95.7 Å². The number of piperazine rings is 1. The van der Waals surface area contributed by atoms with Crippen LogP contribution in [0.4, 0.5) is 10.2 Å². The van der Waals surface area contributed by atoms with Gasteiger partial charge in [-0.3, -0.25) is 0 Å². The third kappa shape index (κ3) is 2.50. The van der Waals surface area contributed by atoms with E-state index in [2.05, 4.69) is 15.2 Å². The quantitative estimate of drug-likeness (QED) is 0.827. The normalized spacial score (nSPS) is 17.6. The van der Waals surface area contributed by atoms with Gasteiger partial charge in [0.2, 0.25) is 0 Å². The molecule has 0 radical (unpaired) electrons. The number of anilines is 1. The summed E-state index contributed by atoms with van der Waals surface area (Å²) in [5.41, 5.74) is -0.680. The smallest absolute Gasteiger partial charge is 0.131 e. The molecule has 1 fully saturated rings. The van der Waals surface area contributed by atoms with E-state index in [0.29, 0.717) is 5.56 Å². The molecule has 0 bridgehead atoms. The molecule has 0 aromatic carbocycles. The molecule has 4 heteroatoms. The number of aromatic nitrogens is 1. The van der Waals surface area contributed by atoms with Crippen LogP contribution in [0, 0.1) is 0 Å². The molecule has 0 atom stereocenters. The zero-order valence-electron chi connectivity index (χ0n) is 9.83. The summed E-state index contributed by atoms with van der Waals surface area (Å²) in [7, 11) is 0. The first-order valence-electron chi connectivity index (χ1n) is 5.68. The molecule has 2 rings (SSSR count). The molecule has 0 spiro atoms. The van der Waals surface area contributed by atoms with E-state index in [1.54, 1.807) is 20.0 Å². The Bertz CT molecular complexity index is 336. The Morgan fingerprint density at radius 3 is 2.50 bits per heavy atom. The molecule has 1 aliphatic rings. The maximum atomic E-state index is 13.6. The average molecular weight is 223 g/mol. The molecule has 0 saturated carbocycles. The van der Waals surface area contributed by atoms with E-state index in [-0.39, 0.29) is 0 Å². The van der Waals surface area contributed by atoms with E-state index >= 15 is 0 Å². The fourth-order valence-electron chi connectivity index (χ4n) is 1.82. The molecule has 0 unspecified atom stereocenters. The summed E-state index contributed by atoms with van der Waals surface area (Å²) in [6.07, 6.45) is 1.64. The van der Waals surface area contributed by atoms with E-state index in [1.165, 1.54) is 0 Å². The Morgan fingerprint density at radius 2 is 2.00 bits per heavy atom. The van der Waals surface area contributed by atoms with E-state index in [4.69, 9.17) is 0 Å². The van der Waals surface area contributed by atoms with Crippen molar-refractivity contribution in [2.24, 2.45) is 0 Å². The van der Waals surface area contributed by atoms with E-state index in [1.807, 2.05) is 12.1 Å². The Morgan fingerprint density at radius 1 is 1.31 bits per heavy atom. The van der Waals surface area contributed by atoms with Gasteiger partial charge in [-0.2, -0.15) is 0 Å². The molecule has 3 nitrogen and oxygen atoms in total. The van der Waals surface area contributed by atoms with E-state index in [9.17, 15) is 4.39 Å². The minimum absolute atomic E-state index is 0.631. The number of hydrogen-bond donors (Lipinski definition) is 1. The van der Waals surface area contributed by atoms with Gasteiger partial charge in [-0.15, -0.1) is 0 Å². The molecular formula is C12H18FN3.